The highest BCUT2D eigenvalue weighted by molar-refractivity contribution is 6.17. The van der Waals surface area contributed by atoms with Crippen molar-refractivity contribution < 1.29 is 0 Å². The lowest BCUT2D eigenvalue weighted by Gasteiger charge is -2.08. The van der Waals surface area contributed by atoms with Gasteiger partial charge in [0.2, 0.25) is 0 Å². The zero-order valence-corrected chi connectivity index (χ0v) is 12.2. The molecule has 0 unspecified atom stereocenters. The van der Waals surface area contributed by atoms with Gasteiger partial charge >= 0.3 is 0 Å². The summed E-state index contributed by atoms with van der Waals surface area (Å²) in [7, 11) is 0. The van der Waals surface area contributed by atoms with E-state index >= 15 is 0 Å². The number of halogens is 1. The number of benzene rings is 1. The predicted octanol–water partition coefficient (Wildman–Crippen LogP) is 3.00. The molecule has 2 rings (SSSR count). The summed E-state index contributed by atoms with van der Waals surface area (Å²) < 4.78 is 1.67. The Labute approximate surface area is 123 Å². The normalized spacial score (nSPS) is 10.5. The smallest absolute Gasteiger partial charge is 0.293 e. The Morgan fingerprint density at radius 3 is 2.90 bits per heavy atom. The Kier molecular flexibility index (Phi) is 5.18. The van der Waals surface area contributed by atoms with Crippen LogP contribution in [-0.4, -0.2) is 9.55 Å². The van der Waals surface area contributed by atoms with E-state index in [1.54, 1.807) is 17.0 Å². The molecular weight excluding hydrogens is 274 g/mol. The highest BCUT2D eigenvalue weighted by Crippen LogP contribution is 2.09. The largest absolute Gasteiger partial charge is 0.361 e. The molecular formula is C15H18ClN3O. The molecule has 1 aromatic heterocycles. The summed E-state index contributed by atoms with van der Waals surface area (Å²) in [4.78, 5) is 16.2. The van der Waals surface area contributed by atoms with Crippen LogP contribution in [0.25, 0.3) is 0 Å². The monoisotopic (exact) mass is 291 g/mol. The molecule has 0 radical (unpaired) electrons. The topological polar surface area (TPSA) is 46.9 Å². The Balaban J connectivity index is 2.10. The van der Waals surface area contributed by atoms with Gasteiger partial charge in [0.15, 0.2) is 5.82 Å². The molecule has 4 nitrogen and oxygen atoms in total. The van der Waals surface area contributed by atoms with Crippen molar-refractivity contribution in [1.29, 1.82) is 0 Å². The maximum absolute atomic E-state index is 12.1. The van der Waals surface area contributed by atoms with Gasteiger partial charge in [-0.2, -0.15) is 0 Å². The van der Waals surface area contributed by atoms with E-state index in [2.05, 4.69) is 10.3 Å². The number of aryl methyl sites for hydroxylation is 1. The summed E-state index contributed by atoms with van der Waals surface area (Å²) in [5.41, 5.74) is 2.06. The molecule has 0 aliphatic carbocycles. The number of nitrogens with one attached hydrogen (secondary N) is 1. The minimum atomic E-state index is -0.0807. The number of anilines is 1. The van der Waals surface area contributed by atoms with E-state index in [0.29, 0.717) is 24.8 Å². The summed E-state index contributed by atoms with van der Waals surface area (Å²) in [6.07, 6.45) is 4.28. The molecule has 1 aromatic carbocycles. The lowest BCUT2D eigenvalue weighted by molar-refractivity contribution is 0.649. The van der Waals surface area contributed by atoms with Crippen molar-refractivity contribution in [2.45, 2.75) is 32.3 Å². The SMILES string of the molecule is CCCn1ccnc(NCc2cccc(CCl)c2)c1=O. The summed E-state index contributed by atoms with van der Waals surface area (Å²) in [6, 6.07) is 7.96. The van der Waals surface area contributed by atoms with Gasteiger partial charge < -0.3 is 9.88 Å². The fourth-order valence-electron chi connectivity index (χ4n) is 1.99. The van der Waals surface area contributed by atoms with E-state index in [1.165, 1.54) is 0 Å². The molecule has 0 amide bonds. The van der Waals surface area contributed by atoms with Crippen LogP contribution in [0.2, 0.25) is 0 Å². The molecule has 106 valence electrons. The highest BCUT2D eigenvalue weighted by Gasteiger charge is 2.04. The van der Waals surface area contributed by atoms with E-state index in [4.69, 9.17) is 11.6 Å². The van der Waals surface area contributed by atoms with Crippen molar-refractivity contribution in [2.75, 3.05) is 5.32 Å². The molecule has 2 aromatic rings. The van der Waals surface area contributed by atoms with Crippen molar-refractivity contribution in [3.05, 3.63) is 58.1 Å². The molecule has 0 atom stereocenters. The van der Waals surface area contributed by atoms with E-state index in [1.807, 2.05) is 31.2 Å². The van der Waals surface area contributed by atoms with Crippen LogP contribution < -0.4 is 10.9 Å². The second kappa shape index (κ2) is 7.10. The summed E-state index contributed by atoms with van der Waals surface area (Å²) in [5, 5.41) is 3.09. The number of hydrogen-bond donors (Lipinski definition) is 1. The van der Waals surface area contributed by atoms with Gasteiger partial charge in [-0.25, -0.2) is 4.98 Å². The lowest BCUT2D eigenvalue weighted by atomic mass is 10.1. The van der Waals surface area contributed by atoms with Crippen molar-refractivity contribution in [3.8, 4) is 0 Å². The zero-order chi connectivity index (χ0) is 14.4. The van der Waals surface area contributed by atoms with Gasteiger partial charge in [0.25, 0.3) is 5.56 Å². The first kappa shape index (κ1) is 14.6. The average molecular weight is 292 g/mol. The van der Waals surface area contributed by atoms with Gasteiger partial charge in [0.1, 0.15) is 0 Å². The first-order chi connectivity index (χ1) is 9.74. The quantitative estimate of drug-likeness (QED) is 0.832. The first-order valence-electron chi connectivity index (χ1n) is 6.67. The van der Waals surface area contributed by atoms with Crippen LogP contribution in [0.4, 0.5) is 5.82 Å². The number of rotatable bonds is 6. The van der Waals surface area contributed by atoms with E-state index in [0.717, 1.165) is 17.5 Å². The molecule has 0 bridgehead atoms. The third kappa shape index (κ3) is 3.61. The van der Waals surface area contributed by atoms with Crippen molar-refractivity contribution in [3.63, 3.8) is 0 Å². The minimum absolute atomic E-state index is 0.0807. The van der Waals surface area contributed by atoms with Crippen LogP contribution in [-0.2, 0) is 19.0 Å². The van der Waals surface area contributed by atoms with E-state index in [9.17, 15) is 4.79 Å². The number of nitrogens with zero attached hydrogens (tertiary/aromatic N) is 2. The highest BCUT2D eigenvalue weighted by atomic mass is 35.5. The second-order valence-electron chi connectivity index (χ2n) is 4.58. The molecule has 0 saturated carbocycles. The Hall–Kier alpha value is -1.81. The number of hydrogen-bond acceptors (Lipinski definition) is 3. The molecule has 1 heterocycles. The maximum atomic E-state index is 12.1. The molecule has 20 heavy (non-hydrogen) atoms. The lowest BCUT2D eigenvalue weighted by Crippen LogP contribution is -2.24. The molecule has 0 fully saturated rings. The van der Waals surface area contributed by atoms with Gasteiger partial charge in [-0.1, -0.05) is 31.2 Å². The molecule has 0 aliphatic heterocycles. The van der Waals surface area contributed by atoms with Gasteiger partial charge in [0.05, 0.1) is 0 Å². The maximum Gasteiger partial charge on any atom is 0.293 e. The fourth-order valence-corrected chi connectivity index (χ4v) is 2.16. The average Bonchev–Trinajstić information content (AvgIpc) is 2.48. The van der Waals surface area contributed by atoms with Gasteiger partial charge in [0, 0.05) is 31.4 Å². The Morgan fingerprint density at radius 2 is 2.15 bits per heavy atom. The summed E-state index contributed by atoms with van der Waals surface area (Å²) >= 11 is 5.81. The van der Waals surface area contributed by atoms with Gasteiger partial charge in [-0.15, -0.1) is 11.6 Å². The second-order valence-corrected chi connectivity index (χ2v) is 4.85. The first-order valence-corrected chi connectivity index (χ1v) is 7.21. The summed E-state index contributed by atoms with van der Waals surface area (Å²) in [6.45, 7) is 3.30. The Bertz CT molecular complexity index is 625. The van der Waals surface area contributed by atoms with Crippen LogP contribution in [0.1, 0.15) is 24.5 Å². The third-order valence-electron chi connectivity index (χ3n) is 2.98. The van der Waals surface area contributed by atoms with Gasteiger partial charge in [-0.3, -0.25) is 4.79 Å². The Morgan fingerprint density at radius 1 is 1.35 bits per heavy atom. The van der Waals surface area contributed by atoms with Crippen LogP contribution >= 0.6 is 11.6 Å². The minimum Gasteiger partial charge on any atom is -0.361 e. The number of aromatic nitrogens is 2. The van der Waals surface area contributed by atoms with Crippen molar-refractivity contribution in [2.24, 2.45) is 0 Å². The molecule has 5 heteroatoms. The fraction of sp³-hybridized carbons (Fsp3) is 0.333. The van der Waals surface area contributed by atoms with E-state index in [-0.39, 0.29) is 5.56 Å². The van der Waals surface area contributed by atoms with Crippen LogP contribution in [0.15, 0.2) is 41.5 Å². The zero-order valence-electron chi connectivity index (χ0n) is 11.5. The van der Waals surface area contributed by atoms with Crippen LogP contribution in [0, 0.1) is 0 Å². The molecule has 0 saturated heterocycles. The van der Waals surface area contributed by atoms with Crippen LogP contribution in [0.3, 0.4) is 0 Å². The van der Waals surface area contributed by atoms with Crippen molar-refractivity contribution >= 4 is 17.4 Å². The van der Waals surface area contributed by atoms with Crippen molar-refractivity contribution in [1.82, 2.24) is 9.55 Å². The van der Waals surface area contributed by atoms with E-state index < -0.39 is 0 Å². The van der Waals surface area contributed by atoms with Crippen LogP contribution in [0.5, 0.6) is 0 Å². The third-order valence-corrected chi connectivity index (χ3v) is 3.29. The molecule has 1 N–H and O–H groups in total. The van der Waals surface area contributed by atoms with Gasteiger partial charge in [-0.05, 0) is 17.5 Å². The standard InChI is InChI=1S/C15H18ClN3O/c1-2-7-19-8-6-17-14(15(19)20)18-11-13-5-3-4-12(9-13)10-16/h3-6,8-9H,2,7,10-11H2,1H3,(H,17,18). The molecule has 0 aliphatic rings. The summed E-state index contributed by atoms with van der Waals surface area (Å²) in [5.74, 6) is 0.873. The predicted molar refractivity (Wildman–Crippen MR) is 82.1 cm³/mol. The number of alkyl halides is 1. The molecule has 0 spiro atoms.